The number of carboxylic acid groups (broad SMARTS) is 2. The highest BCUT2D eigenvalue weighted by atomic mass is 16.4. The maximum atomic E-state index is 12.8. The van der Waals surface area contributed by atoms with Gasteiger partial charge in [0.15, 0.2) is 0 Å². The number of carboxylic acids is 2. The minimum absolute atomic E-state index is 0.324. The van der Waals surface area contributed by atoms with E-state index in [9.17, 15) is 24.6 Å². The molecule has 1 aliphatic heterocycles. The van der Waals surface area contributed by atoms with Crippen molar-refractivity contribution < 1.29 is 24.6 Å². The molecule has 0 spiro atoms. The fraction of sp³-hybridized carbons (Fsp3) is 0.458. The summed E-state index contributed by atoms with van der Waals surface area (Å²) in [6.07, 6.45) is 6.11. The number of anilines is 1. The second kappa shape index (κ2) is 9.76. The van der Waals surface area contributed by atoms with Crippen LogP contribution in [0.2, 0.25) is 0 Å². The van der Waals surface area contributed by atoms with Gasteiger partial charge in [-0.05, 0) is 31.5 Å². The average Bonchev–Trinajstić information content (AvgIpc) is 3.22. The number of nitrogens with zero attached hydrogens (tertiary/aromatic N) is 2. The van der Waals surface area contributed by atoms with Crippen LogP contribution in [0.3, 0.4) is 0 Å². The molecule has 4 rings (SSSR count). The van der Waals surface area contributed by atoms with Crippen molar-refractivity contribution in [3.8, 4) is 0 Å². The first-order chi connectivity index (χ1) is 15.9. The normalized spacial score (nSPS) is 22.8. The Labute approximate surface area is 192 Å². The van der Waals surface area contributed by atoms with E-state index in [1.54, 1.807) is 24.4 Å². The number of carbonyl (C=O) groups excluding carboxylic acids is 1. The van der Waals surface area contributed by atoms with E-state index in [1.165, 1.54) is 0 Å². The summed E-state index contributed by atoms with van der Waals surface area (Å²) in [5.41, 5.74) is 1.96. The number of likely N-dealkylation sites (N-methyl/N-ethyl adjacent to an activating group) is 1. The molecule has 0 unspecified atom stereocenters. The molecule has 1 amide bonds. The molecule has 1 saturated heterocycles. The van der Waals surface area contributed by atoms with Crippen molar-refractivity contribution in [2.75, 3.05) is 38.0 Å². The van der Waals surface area contributed by atoms with E-state index in [1.807, 2.05) is 17.0 Å². The zero-order valence-corrected chi connectivity index (χ0v) is 18.7. The lowest BCUT2D eigenvalue weighted by molar-refractivity contribution is -0.146. The Morgan fingerprint density at radius 1 is 1.09 bits per heavy atom. The number of carbonyl (C=O) groups is 3. The average molecular weight is 455 g/mol. The van der Waals surface area contributed by atoms with Gasteiger partial charge in [-0.1, -0.05) is 25.1 Å². The minimum atomic E-state index is -0.969. The predicted molar refractivity (Wildman–Crippen MR) is 124 cm³/mol. The molecule has 2 aliphatic rings. The Balaban J connectivity index is 1.53. The molecule has 0 bridgehead atoms. The van der Waals surface area contributed by atoms with E-state index in [0.29, 0.717) is 37.2 Å². The van der Waals surface area contributed by atoms with Gasteiger partial charge >= 0.3 is 11.9 Å². The first kappa shape index (κ1) is 23.0. The maximum Gasteiger partial charge on any atom is 0.325 e. The number of aliphatic carboxylic acids is 2. The number of benzene rings is 1. The molecule has 1 fully saturated rings. The van der Waals surface area contributed by atoms with E-state index in [0.717, 1.165) is 30.5 Å². The summed E-state index contributed by atoms with van der Waals surface area (Å²) in [6.45, 7) is 6.11. The van der Waals surface area contributed by atoms with Gasteiger partial charge < -0.3 is 25.4 Å². The third-order valence-electron chi connectivity index (χ3n) is 6.82. The summed E-state index contributed by atoms with van der Waals surface area (Å²) in [5.74, 6) is -3.54. The van der Waals surface area contributed by atoms with Gasteiger partial charge in [0.1, 0.15) is 6.04 Å². The number of aromatic amines is 1. The van der Waals surface area contributed by atoms with Crippen LogP contribution in [-0.2, 0) is 14.4 Å². The highest BCUT2D eigenvalue weighted by Gasteiger charge is 2.34. The van der Waals surface area contributed by atoms with Gasteiger partial charge in [0.25, 0.3) is 0 Å². The molecule has 33 heavy (non-hydrogen) atoms. The van der Waals surface area contributed by atoms with Crippen molar-refractivity contribution in [2.24, 2.45) is 11.8 Å². The number of fused-ring (bicyclic) bond motifs is 1. The fourth-order valence-electron chi connectivity index (χ4n) is 4.89. The van der Waals surface area contributed by atoms with Crippen LogP contribution in [0.15, 0.2) is 36.5 Å². The van der Waals surface area contributed by atoms with Gasteiger partial charge in [0, 0.05) is 54.5 Å². The lowest BCUT2D eigenvalue weighted by Crippen LogP contribution is -2.49. The molecule has 0 saturated carbocycles. The molecule has 176 valence electrons. The number of H-pyrrole nitrogens is 1. The van der Waals surface area contributed by atoms with Gasteiger partial charge in [0.05, 0.1) is 11.8 Å². The van der Waals surface area contributed by atoms with E-state index in [2.05, 4.69) is 22.1 Å². The molecule has 1 aliphatic carbocycles. The lowest BCUT2D eigenvalue weighted by atomic mass is 9.82. The molecule has 3 atom stereocenters. The molecular formula is C24H30N4O5. The highest BCUT2D eigenvalue weighted by molar-refractivity contribution is 5.98. The molecule has 4 N–H and O–H groups in total. The first-order valence-electron chi connectivity index (χ1n) is 11.4. The zero-order chi connectivity index (χ0) is 23.5. The number of rotatable bonds is 7. The molecule has 9 nitrogen and oxygen atoms in total. The zero-order valence-electron chi connectivity index (χ0n) is 18.7. The van der Waals surface area contributed by atoms with Gasteiger partial charge in [-0.15, -0.1) is 0 Å². The van der Waals surface area contributed by atoms with E-state index in [4.69, 9.17) is 0 Å². The van der Waals surface area contributed by atoms with Crippen LogP contribution >= 0.6 is 0 Å². The Bertz CT molecular complexity index is 1070. The highest BCUT2D eigenvalue weighted by Crippen LogP contribution is 2.32. The predicted octanol–water partition coefficient (Wildman–Crippen LogP) is 2.54. The van der Waals surface area contributed by atoms with E-state index < -0.39 is 29.8 Å². The number of hydrogen-bond donors (Lipinski definition) is 4. The molecule has 2 aromatic rings. The van der Waals surface area contributed by atoms with E-state index in [-0.39, 0.29) is 5.91 Å². The lowest BCUT2D eigenvalue weighted by Gasteiger charge is -2.37. The topological polar surface area (TPSA) is 126 Å². The fourth-order valence-corrected chi connectivity index (χ4v) is 4.89. The smallest absolute Gasteiger partial charge is 0.325 e. The summed E-state index contributed by atoms with van der Waals surface area (Å²) in [7, 11) is 0. The molecule has 1 aromatic heterocycles. The Morgan fingerprint density at radius 2 is 1.79 bits per heavy atom. The molecule has 0 radical (unpaired) electrons. The van der Waals surface area contributed by atoms with Gasteiger partial charge in [-0.2, -0.15) is 0 Å². The summed E-state index contributed by atoms with van der Waals surface area (Å²) < 4.78 is 0. The van der Waals surface area contributed by atoms with Crippen LogP contribution in [-0.4, -0.2) is 75.6 Å². The molecule has 9 heteroatoms. The van der Waals surface area contributed by atoms with Crippen molar-refractivity contribution in [3.63, 3.8) is 0 Å². The molecule has 1 aromatic carbocycles. The minimum Gasteiger partial charge on any atom is -0.481 e. The van der Waals surface area contributed by atoms with Crippen LogP contribution in [0.5, 0.6) is 0 Å². The van der Waals surface area contributed by atoms with Gasteiger partial charge in [-0.3, -0.25) is 19.3 Å². The van der Waals surface area contributed by atoms with Crippen molar-refractivity contribution >= 4 is 34.4 Å². The standard InChI is InChI=1S/C24H30N4O5/c1-2-27-9-11-28(12-10-27)21(24(32)33)19-14-25-20-13-15(7-8-16(19)20)26-22(29)17-5-3-4-6-18(17)23(30)31/h3-4,7-8,13-14,17-18,21,25H,2,5-6,9-12H2,1H3,(H,26,29)(H,30,31)(H,32,33)/t17-,18+,21+/m1/s1. The largest absolute Gasteiger partial charge is 0.481 e. The molecule has 2 heterocycles. The second-order valence-electron chi connectivity index (χ2n) is 8.70. The summed E-state index contributed by atoms with van der Waals surface area (Å²) in [4.78, 5) is 43.9. The number of amides is 1. The van der Waals surface area contributed by atoms with Crippen LogP contribution in [0.25, 0.3) is 10.9 Å². The number of hydrogen-bond acceptors (Lipinski definition) is 5. The van der Waals surface area contributed by atoms with Gasteiger partial charge in [0.2, 0.25) is 5.91 Å². The quantitative estimate of drug-likeness (QED) is 0.474. The third kappa shape index (κ3) is 4.79. The van der Waals surface area contributed by atoms with Crippen LogP contribution < -0.4 is 5.32 Å². The van der Waals surface area contributed by atoms with Crippen LogP contribution in [0.4, 0.5) is 5.69 Å². The monoisotopic (exact) mass is 454 g/mol. The molecular weight excluding hydrogens is 424 g/mol. The van der Waals surface area contributed by atoms with Crippen molar-refractivity contribution in [1.82, 2.24) is 14.8 Å². The van der Waals surface area contributed by atoms with Crippen molar-refractivity contribution in [2.45, 2.75) is 25.8 Å². The number of piperazine rings is 1. The summed E-state index contributed by atoms with van der Waals surface area (Å²) in [5, 5.41) is 23.0. The van der Waals surface area contributed by atoms with Gasteiger partial charge in [-0.25, -0.2) is 0 Å². The number of nitrogens with one attached hydrogen (secondary N) is 2. The Kier molecular flexibility index (Phi) is 6.80. The van der Waals surface area contributed by atoms with Crippen molar-refractivity contribution in [3.05, 3.63) is 42.1 Å². The van der Waals surface area contributed by atoms with Crippen LogP contribution in [0, 0.1) is 11.8 Å². The third-order valence-corrected chi connectivity index (χ3v) is 6.82. The van der Waals surface area contributed by atoms with E-state index >= 15 is 0 Å². The number of aromatic nitrogens is 1. The first-order valence-corrected chi connectivity index (χ1v) is 11.4. The summed E-state index contributed by atoms with van der Waals surface area (Å²) >= 11 is 0. The van der Waals surface area contributed by atoms with Crippen molar-refractivity contribution in [1.29, 1.82) is 0 Å². The Hall–Kier alpha value is -3.17. The SMILES string of the molecule is CCN1CCN([C@H](C(=O)O)c2c[nH]c3cc(NC(=O)[C@@H]4CC=CC[C@@H]4C(=O)O)ccc23)CC1. The second-order valence-corrected chi connectivity index (χ2v) is 8.70. The summed E-state index contributed by atoms with van der Waals surface area (Å²) in [6, 6.07) is 4.56. The number of allylic oxidation sites excluding steroid dienone is 2. The Morgan fingerprint density at radius 3 is 2.42 bits per heavy atom. The van der Waals surface area contributed by atoms with Crippen LogP contribution in [0.1, 0.15) is 31.4 Å². The maximum absolute atomic E-state index is 12.8.